The lowest BCUT2D eigenvalue weighted by atomic mass is 10.1. The van der Waals surface area contributed by atoms with E-state index in [0.717, 1.165) is 30.8 Å². The molecule has 0 radical (unpaired) electrons. The van der Waals surface area contributed by atoms with Crippen molar-refractivity contribution in [1.29, 1.82) is 0 Å². The Morgan fingerprint density at radius 3 is 2.88 bits per heavy atom. The van der Waals surface area contributed by atoms with Gasteiger partial charge < -0.3 is 14.5 Å². The lowest BCUT2D eigenvalue weighted by Gasteiger charge is -2.18. The molecule has 0 spiro atoms. The van der Waals surface area contributed by atoms with Crippen molar-refractivity contribution in [3.63, 3.8) is 0 Å². The van der Waals surface area contributed by atoms with Gasteiger partial charge >= 0.3 is 5.97 Å². The average Bonchev–Trinajstić information content (AvgIpc) is 2.58. The van der Waals surface area contributed by atoms with E-state index < -0.39 is 5.60 Å². The predicted octanol–water partition coefficient (Wildman–Crippen LogP) is 1.88. The number of hydrogen-bond acceptors (Lipinski definition) is 4. The van der Waals surface area contributed by atoms with Crippen molar-refractivity contribution in [3.8, 4) is 0 Å². The van der Waals surface area contributed by atoms with Crippen LogP contribution in [0.2, 0.25) is 0 Å². The minimum Gasteiger partial charge on any atom is -0.454 e. The van der Waals surface area contributed by atoms with Gasteiger partial charge in [0, 0.05) is 25.1 Å². The van der Waals surface area contributed by atoms with Gasteiger partial charge in [-0.25, -0.2) is 4.79 Å². The molecule has 1 aliphatic heterocycles. The molecule has 0 unspecified atom stereocenters. The summed E-state index contributed by atoms with van der Waals surface area (Å²) in [6, 6.07) is 1.77. The third kappa shape index (κ3) is 2.44. The fourth-order valence-corrected chi connectivity index (χ4v) is 1.68. The Balaban J connectivity index is 2.15. The largest absolute Gasteiger partial charge is 0.454 e. The van der Waals surface area contributed by atoms with Gasteiger partial charge in [-0.15, -0.1) is 0 Å². The molecule has 0 aliphatic carbocycles. The zero-order valence-corrected chi connectivity index (χ0v) is 9.92. The van der Waals surface area contributed by atoms with E-state index in [9.17, 15) is 4.79 Å². The van der Waals surface area contributed by atoms with Crippen LogP contribution in [0.15, 0.2) is 10.5 Å². The fourth-order valence-electron chi connectivity index (χ4n) is 1.68. The monoisotopic (exact) mass is 223 g/mol. The molecular formula is C12H17NO3. The highest BCUT2D eigenvalue weighted by atomic mass is 16.6. The van der Waals surface area contributed by atoms with Crippen LogP contribution in [-0.2, 0) is 17.7 Å². The third-order valence-electron chi connectivity index (χ3n) is 2.34. The number of esters is 1. The van der Waals surface area contributed by atoms with E-state index in [2.05, 4.69) is 5.32 Å². The Hall–Kier alpha value is -1.29. The van der Waals surface area contributed by atoms with Crippen molar-refractivity contribution in [2.45, 2.75) is 39.3 Å². The van der Waals surface area contributed by atoms with Crippen LogP contribution in [0.1, 0.15) is 42.6 Å². The normalized spacial score (nSPS) is 15.7. The van der Waals surface area contributed by atoms with E-state index >= 15 is 0 Å². The Kier molecular flexibility index (Phi) is 2.76. The Labute approximate surface area is 95.0 Å². The van der Waals surface area contributed by atoms with Crippen LogP contribution in [0, 0.1) is 0 Å². The number of furan rings is 1. The highest BCUT2D eigenvalue weighted by molar-refractivity contribution is 5.87. The summed E-state index contributed by atoms with van der Waals surface area (Å²) in [5, 5.41) is 3.23. The van der Waals surface area contributed by atoms with Crippen LogP contribution >= 0.6 is 0 Å². The molecule has 4 heteroatoms. The number of carbonyl (C=O) groups excluding carboxylic acids is 1. The molecule has 0 saturated carbocycles. The molecule has 0 fully saturated rings. The van der Waals surface area contributed by atoms with Crippen LogP contribution < -0.4 is 5.32 Å². The van der Waals surface area contributed by atoms with E-state index in [1.807, 2.05) is 20.8 Å². The number of fused-ring (bicyclic) bond motifs is 1. The van der Waals surface area contributed by atoms with Gasteiger partial charge in [0.15, 0.2) is 0 Å². The van der Waals surface area contributed by atoms with Crippen LogP contribution in [-0.4, -0.2) is 18.1 Å². The summed E-state index contributed by atoms with van der Waals surface area (Å²) in [4.78, 5) is 11.7. The fraction of sp³-hybridized carbons (Fsp3) is 0.583. The Bertz CT molecular complexity index is 377. The van der Waals surface area contributed by atoms with Crippen molar-refractivity contribution >= 4 is 5.97 Å². The van der Waals surface area contributed by atoms with Crippen molar-refractivity contribution in [2.75, 3.05) is 6.54 Å². The molecule has 0 aromatic carbocycles. The summed E-state index contributed by atoms with van der Waals surface area (Å²) in [6.45, 7) is 7.19. The SMILES string of the molecule is CC(C)(C)OC(=O)c1cc2c(o1)CCNC2. The maximum atomic E-state index is 11.7. The van der Waals surface area contributed by atoms with Gasteiger partial charge in [0.25, 0.3) is 0 Å². The second kappa shape index (κ2) is 3.94. The standard InChI is InChI=1S/C12H17NO3/c1-12(2,3)16-11(14)10-6-8-7-13-5-4-9(8)15-10/h6,13H,4-5,7H2,1-3H3. The third-order valence-corrected chi connectivity index (χ3v) is 2.34. The Morgan fingerprint density at radius 2 is 2.25 bits per heavy atom. The molecule has 1 aromatic rings. The molecular weight excluding hydrogens is 206 g/mol. The first-order valence-corrected chi connectivity index (χ1v) is 5.51. The minimum atomic E-state index is -0.484. The molecule has 2 rings (SSSR count). The van der Waals surface area contributed by atoms with Gasteiger partial charge in [-0.2, -0.15) is 0 Å². The quantitative estimate of drug-likeness (QED) is 0.738. The molecule has 16 heavy (non-hydrogen) atoms. The van der Waals surface area contributed by atoms with Crippen molar-refractivity contribution in [3.05, 3.63) is 23.2 Å². The Morgan fingerprint density at radius 1 is 1.50 bits per heavy atom. The first-order valence-electron chi connectivity index (χ1n) is 5.51. The smallest absolute Gasteiger partial charge is 0.374 e. The van der Waals surface area contributed by atoms with E-state index in [1.54, 1.807) is 6.07 Å². The maximum Gasteiger partial charge on any atom is 0.374 e. The second-order valence-electron chi connectivity index (χ2n) is 4.99. The molecule has 1 aliphatic rings. The summed E-state index contributed by atoms with van der Waals surface area (Å²) in [5.74, 6) is 0.824. The summed E-state index contributed by atoms with van der Waals surface area (Å²) in [6.07, 6.45) is 0.831. The summed E-state index contributed by atoms with van der Waals surface area (Å²) < 4.78 is 10.7. The van der Waals surface area contributed by atoms with Gasteiger partial charge in [-0.3, -0.25) is 0 Å². The molecule has 88 valence electrons. The van der Waals surface area contributed by atoms with Gasteiger partial charge in [0.1, 0.15) is 11.4 Å². The first kappa shape index (κ1) is 11.2. The van der Waals surface area contributed by atoms with Crippen molar-refractivity contribution < 1.29 is 13.9 Å². The highest BCUT2D eigenvalue weighted by Gasteiger charge is 2.23. The van der Waals surface area contributed by atoms with Crippen molar-refractivity contribution in [1.82, 2.24) is 5.32 Å². The highest BCUT2D eigenvalue weighted by Crippen LogP contribution is 2.21. The average molecular weight is 223 g/mol. The van der Waals surface area contributed by atoms with E-state index in [0.29, 0.717) is 5.76 Å². The van der Waals surface area contributed by atoms with E-state index in [1.165, 1.54) is 0 Å². The van der Waals surface area contributed by atoms with Crippen molar-refractivity contribution in [2.24, 2.45) is 0 Å². The van der Waals surface area contributed by atoms with Gasteiger partial charge in [-0.05, 0) is 26.8 Å². The van der Waals surface area contributed by atoms with Crippen LogP contribution in [0.3, 0.4) is 0 Å². The zero-order chi connectivity index (χ0) is 11.8. The van der Waals surface area contributed by atoms with Crippen LogP contribution in [0.25, 0.3) is 0 Å². The lowest BCUT2D eigenvalue weighted by molar-refractivity contribution is 0.00344. The summed E-state index contributed by atoms with van der Waals surface area (Å²) in [5.41, 5.74) is 0.579. The molecule has 4 nitrogen and oxygen atoms in total. The maximum absolute atomic E-state index is 11.7. The number of ether oxygens (including phenoxy) is 1. The summed E-state index contributed by atoms with van der Waals surface area (Å²) >= 11 is 0. The minimum absolute atomic E-state index is 0.309. The molecule has 1 N–H and O–H groups in total. The van der Waals surface area contributed by atoms with Gasteiger partial charge in [-0.1, -0.05) is 0 Å². The van der Waals surface area contributed by atoms with Crippen LogP contribution in [0.4, 0.5) is 0 Å². The predicted molar refractivity (Wildman–Crippen MR) is 59.3 cm³/mol. The second-order valence-corrected chi connectivity index (χ2v) is 4.99. The van der Waals surface area contributed by atoms with Gasteiger partial charge in [0.05, 0.1) is 0 Å². The topological polar surface area (TPSA) is 51.5 Å². The molecule has 0 saturated heterocycles. The molecule has 0 amide bonds. The zero-order valence-electron chi connectivity index (χ0n) is 9.92. The van der Waals surface area contributed by atoms with E-state index in [-0.39, 0.29) is 5.97 Å². The number of hydrogen-bond donors (Lipinski definition) is 1. The number of carbonyl (C=O) groups is 1. The van der Waals surface area contributed by atoms with E-state index in [4.69, 9.17) is 9.15 Å². The lowest BCUT2D eigenvalue weighted by Crippen LogP contribution is -2.23. The van der Waals surface area contributed by atoms with Crippen LogP contribution in [0.5, 0.6) is 0 Å². The molecule has 1 aromatic heterocycles. The molecule has 0 bridgehead atoms. The summed E-state index contributed by atoms with van der Waals surface area (Å²) in [7, 11) is 0. The number of rotatable bonds is 1. The number of nitrogens with one attached hydrogen (secondary N) is 1. The first-order chi connectivity index (χ1) is 7.46. The molecule has 0 atom stereocenters. The van der Waals surface area contributed by atoms with Gasteiger partial charge in [0.2, 0.25) is 5.76 Å². The molecule has 2 heterocycles.